The Balaban J connectivity index is 0.000000152. The van der Waals surface area contributed by atoms with E-state index in [9.17, 15) is 9.59 Å². The number of imidazole rings is 1. The number of ketones is 2. The van der Waals surface area contributed by atoms with Crippen LogP contribution in [0.25, 0.3) is 34.4 Å². The summed E-state index contributed by atoms with van der Waals surface area (Å²) >= 11 is 6.03. The molecule has 7 nitrogen and oxygen atoms in total. The Bertz CT molecular complexity index is 2040. The Labute approximate surface area is 241 Å². The van der Waals surface area contributed by atoms with E-state index in [-0.39, 0.29) is 23.4 Å². The maximum atomic E-state index is 12.5. The first-order valence-corrected chi connectivity index (χ1v) is 13.6. The van der Waals surface area contributed by atoms with Crippen LogP contribution < -0.4 is 10.4 Å². The van der Waals surface area contributed by atoms with Gasteiger partial charge in [-0.05, 0) is 57.0 Å². The van der Waals surface area contributed by atoms with Crippen molar-refractivity contribution >= 4 is 46.5 Å². The molecule has 2 aromatic heterocycles. The molecule has 0 bridgehead atoms. The highest BCUT2D eigenvalue weighted by molar-refractivity contribution is 6.32. The van der Waals surface area contributed by atoms with Gasteiger partial charge in [0.15, 0.2) is 11.4 Å². The number of benzene rings is 3. The fourth-order valence-electron chi connectivity index (χ4n) is 5.53. The molecule has 8 heteroatoms. The molecule has 2 aliphatic carbocycles. The Hall–Kier alpha value is -4.93. The molecule has 0 N–H and O–H groups in total. The first-order valence-electron chi connectivity index (χ1n) is 13.2. The smallest absolute Gasteiger partial charge is 0.187 e. The molecule has 0 aliphatic heterocycles. The van der Waals surface area contributed by atoms with Gasteiger partial charge >= 0.3 is 0 Å². The summed E-state index contributed by atoms with van der Waals surface area (Å²) in [6.45, 7) is 4.45. The number of Topliss-reactive ketones (excluding diaryl/α,β-unsaturated/α-hetero) is 2. The number of aromatic nitrogens is 4. The summed E-state index contributed by atoms with van der Waals surface area (Å²) in [5.74, 6) is -0.0645. The molecule has 3 aromatic carbocycles. The standard InChI is InChI=1S/C20H15ClO2.C13H9N5/c1-10-7-16-13(11(2)20(10)23)5-6-14-15-4-3-12(21)8-18(15)19(22)9-17(14)16;14-5-10-3-1-2-4-11(10)7-18-9-17-13-12(18)6-15-8-16-13/h3-11H,1-2H3;1-4,6,8-9H,7H2. The molecule has 5 aromatic rings. The Kier molecular flexibility index (Phi) is 6.78. The van der Waals surface area contributed by atoms with E-state index in [4.69, 9.17) is 16.9 Å². The van der Waals surface area contributed by atoms with E-state index in [1.54, 1.807) is 30.7 Å². The van der Waals surface area contributed by atoms with Crippen molar-refractivity contribution in [3.05, 3.63) is 111 Å². The maximum absolute atomic E-state index is 12.5. The molecular formula is C33H24ClN5O2. The SMILES string of the molecule is CC1C=c2c(ccc3c2=CC(=O)c2cc(Cl)ccc2-3)C(C)C1=O.N#Cc1ccccc1Cn1cnc2ncncc21. The molecule has 2 unspecified atom stereocenters. The predicted molar refractivity (Wildman–Crippen MR) is 158 cm³/mol. The van der Waals surface area contributed by atoms with Crippen molar-refractivity contribution in [3.63, 3.8) is 0 Å². The maximum Gasteiger partial charge on any atom is 0.187 e. The lowest BCUT2D eigenvalue weighted by Gasteiger charge is -2.23. The third-order valence-corrected chi connectivity index (χ3v) is 7.91. The summed E-state index contributed by atoms with van der Waals surface area (Å²) in [4.78, 5) is 37.0. The summed E-state index contributed by atoms with van der Waals surface area (Å²) in [5.41, 5.74) is 6.75. The fraction of sp³-hybridized carbons (Fsp3) is 0.152. The lowest BCUT2D eigenvalue weighted by Crippen LogP contribution is -2.40. The summed E-state index contributed by atoms with van der Waals surface area (Å²) in [7, 11) is 0. The number of carbonyl (C=O) groups is 2. The second-order valence-corrected chi connectivity index (χ2v) is 10.6. The van der Waals surface area contributed by atoms with E-state index < -0.39 is 0 Å². The normalized spacial score (nSPS) is 16.7. The minimum absolute atomic E-state index is 0.0333. The molecule has 0 fully saturated rings. The molecule has 0 spiro atoms. The molecule has 200 valence electrons. The molecule has 7 rings (SSSR count). The molecule has 2 aliphatic rings. The summed E-state index contributed by atoms with van der Waals surface area (Å²) in [6.07, 6.45) is 8.58. The van der Waals surface area contributed by atoms with Crippen molar-refractivity contribution in [1.82, 2.24) is 19.5 Å². The van der Waals surface area contributed by atoms with Gasteiger partial charge in [-0.3, -0.25) is 9.59 Å². The Morgan fingerprint density at radius 2 is 1.78 bits per heavy atom. The van der Waals surface area contributed by atoms with Crippen LogP contribution in [0.15, 0.2) is 73.4 Å². The van der Waals surface area contributed by atoms with Gasteiger partial charge in [-0.1, -0.05) is 67.9 Å². The summed E-state index contributed by atoms with van der Waals surface area (Å²) in [5, 5.41) is 11.6. The van der Waals surface area contributed by atoms with Gasteiger partial charge in [0.25, 0.3) is 0 Å². The van der Waals surface area contributed by atoms with Crippen LogP contribution in [0.2, 0.25) is 5.02 Å². The largest absolute Gasteiger partial charge is 0.323 e. The zero-order chi connectivity index (χ0) is 28.7. The van der Waals surface area contributed by atoms with Crippen molar-refractivity contribution in [3.8, 4) is 17.2 Å². The minimum atomic E-state index is -0.134. The van der Waals surface area contributed by atoms with Crippen molar-refractivity contribution in [1.29, 1.82) is 5.26 Å². The van der Waals surface area contributed by atoms with Gasteiger partial charge < -0.3 is 4.57 Å². The van der Waals surface area contributed by atoms with E-state index in [0.717, 1.165) is 38.2 Å². The molecule has 0 saturated carbocycles. The Morgan fingerprint density at radius 1 is 0.976 bits per heavy atom. The van der Waals surface area contributed by atoms with E-state index in [2.05, 4.69) is 21.0 Å². The topological polar surface area (TPSA) is 102 Å². The summed E-state index contributed by atoms with van der Waals surface area (Å²) in [6, 6.07) is 19.2. The van der Waals surface area contributed by atoms with Crippen molar-refractivity contribution in [2.45, 2.75) is 26.3 Å². The number of nitriles is 1. The molecule has 2 atom stereocenters. The fourth-order valence-corrected chi connectivity index (χ4v) is 5.70. The number of rotatable bonds is 2. The first-order chi connectivity index (χ1) is 19.9. The zero-order valence-electron chi connectivity index (χ0n) is 22.4. The number of carbonyl (C=O) groups excluding carboxylic acids is 2. The lowest BCUT2D eigenvalue weighted by molar-refractivity contribution is -0.122. The van der Waals surface area contributed by atoms with Crippen LogP contribution in [-0.4, -0.2) is 31.1 Å². The monoisotopic (exact) mass is 557 g/mol. The second kappa shape index (κ2) is 10.6. The predicted octanol–water partition coefficient (Wildman–Crippen LogP) is 4.83. The van der Waals surface area contributed by atoms with Gasteiger partial charge in [0.2, 0.25) is 0 Å². The number of fused-ring (bicyclic) bond motifs is 6. The van der Waals surface area contributed by atoms with Crippen molar-refractivity contribution in [2.24, 2.45) is 5.92 Å². The van der Waals surface area contributed by atoms with Crippen LogP contribution in [0.4, 0.5) is 0 Å². The molecule has 41 heavy (non-hydrogen) atoms. The number of hydrogen-bond donors (Lipinski definition) is 0. The van der Waals surface area contributed by atoms with Crippen LogP contribution in [0.3, 0.4) is 0 Å². The van der Waals surface area contributed by atoms with Gasteiger partial charge in [0.1, 0.15) is 17.6 Å². The average molecular weight is 558 g/mol. The minimum Gasteiger partial charge on any atom is -0.323 e. The highest BCUT2D eigenvalue weighted by atomic mass is 35.5. The van der Waals surface area contributed by atoms with Crippen molar-refractivity contribution < 1.29 is 9.59 Å². The molecule has 0 radical (unpaired) electrons. The zero-order valence-corrected chi connectivity index (χ0v) is 23.1. The van der Waals surface area contributed by atoms with Gasteiger partial charge in [0.05, 0.1) is 30.7 Å². The highest BCUT2D eigenvalue weighted by Gasteiger charge is 2.27. The molecule has 0 amide bonds. The quantitative estimate of drug-likeness (QED) is 0.308. The van der Waals surface area contributed by atoms with E-state index in [0.29, 0.717) is 28.3 Å². The third-order valence-electron chi connectivity index (χ3n) is 7.67. The third kappa shape index (κ3) is 4.73. The van der Waals surface area contributed by atoms with Crippen LogP contribution in [-0.2, 0) is 11.3 Å². The van der Waals surface area contributed by atoms with Gasteiger partial charge in [0, 0.05) is 22.4 Å². The second-order valence-electron chi connectivity index (χ2n) is 10.2. The lowest BCUT2D eigenvalue weighted by atomic mass is 9.79. The van der Waals surface area contributed by atoms with E-state index in [1.807, 2.05) is 67.0 Å². The molecule has 0 saturated heterocycles. The average Bonchev–Trinajstić information content (AvgIpc) is 3.39. The first kappa shape index (κ1) is 26.3. The highest BCUT2D eigenvalue weighted by Crippen LogP contribution is 2.29. The van der Waals surface area contributed by atoms with Crippen LogP contribution in [0, 0.1) is 17.2 Å². The van der Waals surface area contributed by atoms with Crippen LogP contribution in [0.1, 0.15) is 46.8 Å². The molecular weight excluding hydrogens is 534 g/mol. The van der Waals surface area contributed by atoms with Gasteiger partial charge in [-0.25, -0.2) is 15.0 Å². The van der Waals surface area contributed by atoms with Crippen LogP contribution >= 0.6 is 11.6 Å². The van der Waals surface area contributed by atoms with Gasteiger partial charge in [-0.15, -0.1) is 0 Å². The van der Waals surface area contributed by atoms with Crippen LogP contribution in [0.5, 0.6) is 0 Å². The number of halogens is 1. The van der Waals surface area contributed by atoms with E-state index >= 15 is 0 Å². The van der Waals surface area contributed by atoms with Crippen molar-refractivity contribution in [2.75, 3.05) is 0 Å². The Morgan fingerprint density at radius 3 is 2.61 bits per heavy atom. The molecule has 2 heterocycles. The number of nitrogens with zero attached hydrogens (tertiary/aromatic N) is 5. The van der Waals surface area contributed by atoms with E-state index in [1.165, 1.54) is 6.33 Å². The summed E-state index contributed by atoms with van der Waals surface area (Å²) < 4.78 is 1.94. The van der Waals surface area contributed by atoms with Gasteiger partial charge in [-0.2, -0.15) is 5.26 Å². The number of hydrogen-bond acceptors (Lipinski definition) is 6.